The maximum atomic E-state index is 14.2. The summed E-state index contributed by atoms with van der Waals surface area (Å²) in [5, 5.41) is 15.6. The number of rotatable bonds is 4. The molecule has 1 fully saturated rings. The van der Waals surface area contributed by atoms with Crippen LogP contribution in [0, 0.1) is 25.5 Å². The van der Waals surface area contributed by atoms with Crippen molar-refractivity contribution in [3.05, 3.63) is 65.1 Å². The van der Waals surface area contributed by atoms with Gasteiger partial charge in [0.15, 0.2) is 5.82 Å². The van der Waals surface area contributed by atoms with E-state index in [0.717, 1.165) is 24.7 Å². The van der Waals surface area contributed by atoms with Crippen LogP contribution in [-0.2, 0) is 0 Å². The molecule has 0 unspecified atom stereocenters. The molecule has 0 atom stereocenters. The average Bonchev–Trinajstić information content (AvgIpc) is 3.02. The molecule has 9 heteroatoms. The first-order valence-corrected chi connectivity index (χ1v) is 9.79. The molecule has 0 spiro atoms. The fourth-order valence-electron chi connectivity index (χ4n) is 3.81. The second-order valence-corrected chi connectivity index (χ2v) is 7.37. The maximum Gasteiger partial charge on any atom is 0.257 e. The summed E-state index contributed by atoms with van der Waals surface area (Å²) in [6, 6.07) is 7.19. The van der Waals surface area contributed by atoms with Crippen LogP contribution < -0.4 is 5.32 Å². The van der Waals surface area contributed by atoms with Gasteiger partial charge in [-0.15, -0.1) is 5.10 Å². The third-order valence-corrected chi connectivity index (χ3v) is 5.35. The zero-order valence-corrected chi connectivity index (χ0v) is 16.8. The van der Waals surface area contributed by atoms with E-state index in [0.29, 0.717) is 30.0 Å². The third-order valence-electron chi connectivity index (χ3n) is 5.35. The predicted octanol–water partition coefficient (Wildman–Crippen LogP) is 3.27. The lowest BCUT2D eigenvalue weighted by Gasteiger charge is -2.32. The molecule has 1 aliphatic rings. The van der Waals surface area contributed by atoms with Crippen LogP contribution in [0.25, 0.3) is 5.69 Å². The number of aryl methyl sites for hydroxylation is 1. The summed E-state index contributed by atoms with van der Waals surface area (Å²) in [5.74, 6) is -0.796. The lowest BCUT2D eigenvalue weighted by Crippen LogP contribution is -2.42. The molecule has 3 heterocycles. The second-order valence-electron chi connectivity index (χ2n) is 7.37. The first kappa shape index (κ1) is 19.9. The predicted molar refractivity (Wildman–Crippen MR) is 108 cm³/mol. The molecule has 1 saturated heterocycles. The number of carbonyl (C=O) groups is 1. The van der Waals surface area contributed by atoms with Gasteiger partial charge in [0.05, 0.1) is 17.0 Å². The number of piperidine rings is 1. The van der Waals surface area contributed by atoms with Crippen molar-refractivity contribution in [1.29, 1.82) is 0 Å². The first-order valence-electron chi connectivity index (χ1n) is 9.79. The van der Waals surface area contributed by atoms with Gasteiger partial charge in [-0.25, -0.2) is 13.5 Å². The molecule has 30 heavy (non-hydrogen) atoms. The molecule has 7 nitrogen and oxygen atoms in total. The van der Waals surface area contributed by atoms with Crippen LogP contribution in [0.15, 0.2) is 36.5 Å². The van der Waals surface area contributed by atoms with Gasteiger partial charge in [-0.05, 0) is 51.0 Å². The molecule has 1 amide bonds. The molecule has 2 aromatic heterocycles. The lowest BCUT2D eigenvalue weighted by atomic mass is 10.0. The number of likely N-dealkylation sites (tertiary alicyclic amines) is 1. The molecule has 1 N–H and O–H groups in total. The molecular weight excluding hydrogens is 390 g/mol. The average molecular weight is 412 g/mol. The van der Waals surface area contributed by atoms with Gasteiger partial charge in [0, 0.05) is 31.4 Å². The van der Waals surface area contributed by atoms with Crippen molar-refractivity contribution in [2.24, 2.45) is 0 Å². The van der Waals surface area contributed by atoms with E-state index in [1.165, 1.54) is 16.8 Å². The van der Waals surface area contributed by atoms with E-state index >= 15 is 0 Å². The number of benzene rings is 1. The highest BCUT2D eigenvalue weighted by Crippen LogP contribution is 2.24. The van der Waals surface area contributed by atoms with Gasteiger partial charge < -0.3 is 10.2 Å². The van der Waals surface area contributed by atoms with E-state index < -0.39 is 11.6 Å². The summed E-state index contributed by atoms with van der Waals surface area (Å²) in [7, 11) is 0. The highest BCUT2D eigenvalue weighted by Gasteiger charge is 2.28. The molecule has 1 aliphatic heterocycles. The Bertz CT molecular complexity index is 1060. The minimum Gasteiger partial charge on any atom is -0.366 e. The zero-order valence-electron chi connectivity index (χ0n) is 16.8. The SMILES string of the molecule is Cc1nn(-c2ccc(F)cc2F)c(C)c1C(=O)N1CCC(Nc2cccnn2)CC1. The number of amides is 1. The molecule has 0 saturated carbocycles. The quantitative estimate of drug-likeness (QED) is 0.712. The third kappa shape index (κ3) is 3.87. The number of nitrogens with one attached hydrogen (secondary N) is 1. The molecule has 0 radical (unpaired) electrons. The molecule has 1 aromatic carbocycles. The van der Waals surface area contributed by atoms with Crippen molar-refractivity contribution < 1.29 is 13.6 Å². The second kappa shape index (κ2) is 8.17. The number of hydrogen-bond acceptors (Lipinski definition) is 5. The number of hydrogen-bond donors (Lipinski definition) is 1. The fraction of sp³-hybridized carbons (Fsp3) is 0.333. The molecule has 156 valence electrons. The topological polar surface area (TPSA) is 75.9 Å². The summed E-state index contributed by atoms with van der Waals surface area (Å²) in [6.07, 6.45) is 3.18. The van der Waals surface area contributed by atoms with Gasteiger partial charge in [-0.2, -0.15) is 10.2 Å². The highest BCUT2D eigenvalue weighted by molar-refractivity contribution is 5.96. The fourth-order valence-corrected chi connectivity index (χ4v) is 3.81. The van der Waals surface area contributed by atoms with E-state index in [9.17, 15) is 13.6 Å². The van der Waals surface area contributed by atoms with Crippen molar-refractivity contribution in [2.45, 2.75) is 32.7 Å². The van der Waals surface area contributed by atoms with Crippen molar-refractivity contribution in [3.63, 3.8) is 0 Å². The van der Waals surface area contributed by atoms with Crippen LogP contribution in [0.1, 0.15) is 34.6 Å². The van der Waals surface area contributed by atoms with Gasteiger partial charge in [0.25, 0.3) is 5.91 Å². The Kier molecular flexibility index (Phi) is 5.43. The molecular formula is C21H22F2N6O. The number of aromatic nitrogens is 4. The van der Waals surface area contributed by atoms with Crippen molar-refractivity contribution in [1.82, 2.24) is 24.9 Å². The van der Waals surface area contributed by atoms with Crippen LogP contribution in [0.4, 0.5) is 14.6 Å². The van der Waals surface area contributed by atoms with Gasteiger partial charge >= 0.3 is 0 Å². The molecule has 0 aliphatic carbocycles. The maximum absolute atomic E-state index is 14.2. The Balaban J connectivity index is 1.48. The number of carbonyl (C=O) groups excluding carboxylic acids is 1. The monoisotopic (exact) mass is 412 g/mol. The summed E-state index contributed by atoms with van der Waals surface area (Å²) in [5.41, 5.74) is 1.62. The summed E-state index contributed by atoms with van der Waals surface area (Å²) in [6.45, 7) is 4.62. The Morgan fingerprint density at radius 3 is 2.60 bits per heavy atom. The summed E-state index contributed by atoms with van der Waals surface area (Å²) < 4.78 is 28.8. The largest absolute Gasteiger partial charge is 0.366 e. The standard InChI is InChI=1S/C21H22F2N6O/c1-13-20(14(2)29(27-13)18-6-5-15(22)12-17(18)23)21(30)28-10-7-16(8-11-28)25-19-4-3-9-24-26-19/h3-6,9,12,16H,7-8,10-11H2,1-2H3,(H,25,26). The number of anilines is 1. The Hall–Kier alpha value is -3.36. The Labute approximate surface area is 172 Å². The van der Waals surface area contributed by atoms with Crippen LogP contribution in [0.3, 0.4) is 0 Å². The van der Waals surface area contributed by atoms with Crippen LogP contribution in [0.2, 0.25) is 0 Å². The zero-order chi connectivity index (χ0) is 21.3. The van der Waals surface area contributed by atoms with Crippen molar-refractivity contribution in [3.8, 4) is 5.69 Å². The summed E-state index contributed by atoms with van der Waals surface area (Å²) in [4.78, 5) is 15.0. The molecule has 3 aromatic rings. The molecule has 4 rings (SSSR count). The van der Waals surface area contributed by atoms with Gasteiger partial charge in [0.1, 0.15) is 17.3 Å². The van der Waals surface area contributed by atoms with E-state index in [1.807, 2.05) is 12.1 Å². The van der Waals surface area contributed by atoms with E-state index in [-0.39, 0.29) is 17.6 Å². The minimum atomic E-state index is -0.726. The van der Waals surface area contributed by atoms with Gasteiger partial charge in [-0.3, -0.25) is 4.79 Å². The van der Waals surface area contributed by atoms with E-state index in [2.05, 4.69) is 20.6 Å². The lowest BCUT2D eigenvalue weighted by molar-refractivity contribution is 0.0717. The number of halogens is 2. The van der Waals surface area contributed by atoms with Crippen LogP contribution >= 0.6 is 0 Å². The highest BCUT2D eigenvalue weighted by atomic mass is 19.1. The number of nitrogens with zero attached hydrogens (tertiary/aromatic N) is 5. The normalized spacial score (nSPS) is 14.7. The Morgan fingerprint density at radius 1 is 1.17 bits per heavy atom. The van der Waals surface area contributed by atoms with Gasteiger partial charge in [0.2, 0.25) is 0 Å². The smallest absolute Gasteiger partial charge is 0.257 e. The minimum absolute atomic E-state index is 0.114. The Morgan fingerprint density at radius 2 is 1.93 bits per heavy atom. The molecule has 0 bridgehead atoms. The van der Waals surface area contributed by atoms with E-state index in [4.69, 9.17) is 0 Å². The van der Waals surface area contributed by atoms with Crippen molar-refractivity contribution in [2.75, 3.05) is 18.4 Å². The first-order chi connectivity index (χ1) is 14.4. The van der Waals surface area contributed by atoms with Crippen molar-refractivity contribution >= 4 is 11.7 Å². The van der Waals surface area contributed by atoms with Crippen LogP contribution in [0.5, 0.6) is 0 Å². The van der Waals surface area contributed by atoms with E-state index in [1.54, 1.807) is 24.9 Å². The van der Waals surface area contributed by atoms with Crippen LogP contribution in [-0.4, -0.2) is 49.9 Å². The summed E-state index contributed by atoms with van der Waals surface area (Å²) >= 11 is 0. The van der Waals surface area contributed by atoms with Gasteiger partial charge in [-0.1, -0.05) is 0 Å².